The Kier molecular flexibility index (Phi) is 5.93. The summed E-state index contributed by atoms with van der Waals surface area (Å²) in [4.78, 5) is 4.52. The Morgan fingerprint density at radius 2 is 2.14 bits per heavy atom. The molecule has 4 nitrogen and oxygen atoms in total. The molecule has 2 rings (SSSR count). The second-order valence-electron chi connectivity index (χ2n) is 5.52. The van der Waals surface area contributed by atoms with Crippen molar-refractivity contribution in [3.63, 3.8) is 0 Å². The summed E-state index contributed by atoms with van der Waals surface area (Å²) in [6.07, 6.45) is 3.82. The quantitative estimate of drug-likeness (QED) is 0.809. The van der Waals surface area contributed by atoms with Crippen LogP contribution in [-0.2, 0) is 12.8 Å². The van der Waals surface area contributed by atoms with Gasteiger partial charge in [0.15, 0.2) is 5.82 Å². The van der Waals surface area contributed by atoms with Crippen LogP contribution < -0.4 is 5.32 Å². The van der Waals surface area contributed by atoms with Gasteiger partial charge in [-0.1, -0.05) is 55.3 Å². The van der Waals surface area contributed by atoms with Crippen molar-refractivity contribution >= 4 is 0 Å². The molecular formula is C17H25N3O. The van der Waals surface area contributed by atoms with E-state index in [1.807, 2.05) is 0 Å². The molecule has 0 amide bonds. The SMILES string of the molecule is CCCC(Cc1nc(Cc2cccc(C)c2)no1)NCC. The first kappa shape index (κ1) is 15.7. The Hall–Kier alpha value is -1.68. The predicted molar refractivity (Wildman–Crippen MR) is 84.4 cm³/mol. The van der Waals surface area contributed by atoms with Crippen LogP contribution in [0.1, 0.15) is 49.5 Å². The lowest BCUT2D eigenvalue weighted by Gasteiger charge is -2.14. The van der Waals surface area contributed by atoms with Crippen molar-refractivity contribution in [3.8, 4) is 0 Å². The molecule has 0 radical (unpaired) electrons. The molecular weight excluding hydrogens is 262 g/mol. The minimum absolute atomic E-state index is 0.423. The van der Waals surface area contributed by atoms with Gasteiger partial charge in [-0.15, -0.1) is 0 Å². The van der Waals surface area contributed by atoms with Gasteiger partial charge in [0, 0.05) is 18.9 Å². The van der Waals surface area contributed by atoms with E-state index in [9.17, 15) is 0 Å². The molecule has 1 atom stereocenters. The van der Waals surface area contributed by atoms with Crippen molar-refractivity contribution in [3.05, 3.63) is 47.1 Å². The second kappa shape index (κ2) is 7.93. The molecule has 114 valence electrons. The molecule has 0 aliphatic heterocycles. The number of nitrogens with zero attached hydrogens (tertiary/aromatic N) is 2. The molecule has 0 bridgehead atoms. The van der Waals surface area contributed by atoms with Crippen molar-refractivity contribution in [2.45, 2.75) is 52.5 Å². The first-order valence-corrected chi connectivity index (χ1v) is 7.81. The summed E-state index contributed by atoms with van der Waals surface area (Å²) in [6, 6.07) is 8.84. The van der Waals surface area contributed by atoms with E-state index in [1.165, 1.54) is 11.1 Å². The van der Waals surface area contributed by atoms with Crippen molar-refractivity contribution < 1.29 is 4.52 Å². The molecule has 0 saturated carbocycles. The number of likely N-dealkylation sites (N-methyl/N-ethyl adjacent to an activating group) is 1. The fraction of sp³-hybridized carbons (Fsp3) is 0.529. The third-order valence-corrected chi connectivity index (χ3v) is 3.51. The number of nitrogens with one attached hydrogen (secondary N) is 1. The Labute approximate surface area is 127 Å². The highest BCUT2D eigenvalue weighted by Gasteiger charge is 2.13. The van der Waals surface area contributed by atoms with Crippen LogP contribution in [0.3, 0.4) is 0 Å². The van der Waals surface area contributed by atoms with Crippen LogP contribution in [0.15, 0.2) is 28.8 Å². The molecule has 4 heteroatoms. The minimum Gasteiger partial charge on any atom is -0.339 e. The van der Waals surface area contributed by atoms with E-state index in [4.69, 9.17) is 4.52 Å². The lowest BCUT2D eigenvalue weighted by Crippen LogP contribution is -2.30. The fourth-order valence-corrected chi connectivity index (χ4v) is 2.57. The van der Waals surface area contributed by atoms with Crippen molar-refractivity contribution in [2.24, 2.45) is 0 Å². The lowest BCUT2D eigenvalue weighted by atomic mass is 10.1. The highest BCUT2D eigenvalue weighted by atomic mass is 16.5. The van der Waals surface area contributed by atoms with Gasteiger partial charge in [0.25, 0.3) is 0 Å². The Morgan fingerprint density at radius 1 is 1.29 bits per heavy atom. The van der Waals surface area contributed by atoms with Crippen LogP contribution in [0.2, 0.25) is 0 Å². The van der Waals surface area contributed by atoms with E-state index >= 15 is 0 Å². The van der Waals surface area contributed by atoms with Gasteiger partial charge in [-0.3, -0.25) is 0 Å². The number of aromatic nitrogens is 2. The summed E-state index contributed by atoms with van der Waals surface area (Å²) in [5.74, 6) is 1.50. The molecule has 1 aromatic heterocycles. The molecule has 0 fully saturated rings. The van der Waals surface area contributed by atoms with E-state index in [2.05, 4.69) is 60.5 Å². The first-order valence-electron chi connectivity index (χ1n) is 7.81. The lowest BCUT2D eigenvalue weighted by molar-refractivity contribution is 0.349. The predicted octanol–water partition coefficient (Wildman–Crippen LogP) is 3.29. The van der Waals surface area contributed by atoms with Gasteiger partial charge >= 0.3 is 0 Å². The maximum absolute atomic E-state index is 5.39. The minimum atomic E-state index is 0.423. The molecule has 1 N–H and O–H groups in total. The molecule has 2 aromatic rings. The zero-order valence-corrected chi connectivity index (χ0v) is 13.2. The number of hydrogen-bond donors (Lipinski definition) is 1. The van der Waals surface area contributed by atoms with Crippen LogP contribution in [0.4, 0.5) is 0 Å². The van der Waals surface area contributed by atoms with Crippen LogP contribution in [0.5, 0.6) is 0 Å². The normalized spacial score (nSPS) is 12.5. The number of aryl methyl sites for hydroxylation is 1. The zero-order chi connectivity index (χ0) is 15.1. The van der Waals surface area contributed by atoms with Gasteiger partial charge in [-0.05, 0) is 25.5 Å². The third kappa shape index (κ3) is 4.97. The maximum Gasteiger partial charge on any atom is 0.228 e. The largest absolute Gasteiger partial charge is 0.339 e. The van der Waals surface area contributed by atoms with Gasteiger partial charge in [0.2, 0.25) is 5.89 Å². The fourth-order valence-electron chi connectivity index (χ4n) is 2.57. The van der Waals surface area contributed by atoms with E-state index in [-0.39, 0.29) is 0 Å². The molecule has 0 aliphatic rings. The third-order valence-electron chi connectivity index (χ3n) is 3.51. The highest BCUT2D eigenvalue weighted by Crippen LogP contribution is 2.11. The topological polar surface area (TPSA) is 51.0 Å². The Morgan fingerprint density at radius 3 is 2.86 bits per heavy atom. The molecule has 21 heavy (non-hydrogen) atoms. The number of hydrogen-bond acceptors (Lipinski definition) is 4. The van der Waals surface area contributed by atoms with Gasteiger partial charge in [-0.25, -0.2) is 0 Å². The monoisotopic (exact) mass is 287 g/mol. The smallest absolute Gasteiger partial charge is 0.228 e. The standard InChI is InChI=1S/C17H25N3O/c1-4-7-15(18-5-2)12-17-19-16(20-21-17)11-14-9-6-8-13(3)10-14/h6,8-10,15,18H,4-5,7,11-12H2,1-3H3. The summed E-state index contributed by atoms with van der Waals surface area (Å²) >= 11 is 0. The van der Waals surface area contributed by atoms with Crippen LogP contribution >= 0.6 is 0 Å². The maximum atomic E-state index is 5.39. The second-order valence-corrected chi connectivity index (χ2v) is 5.52. The number of rotatable bonds is 8. The summed E-state index contributed by atoms with van der Waals surface area (Å²) in [7, 11) is 0. The summed E-state index contributed by atoms with van der Waals surface area (Å²) in [5, 5.41) is 7.57. The Balaban J connectivity index is 1.97. The molecule has 1 unspecified atom stereocenters. The summed E-state index contributed by atoms with van der Waals surface area (Å²) in [6.45, 7) is 7.38. The van der Waals surface area contributed by atoms with E-state index in [1.54, 1.807) is 0 Å². The number of benzene rings is 1. The van der Waals surface area contributed by atoms with E-state index in [0.29, 0.717) is 6.04 Å². The highest BCUT2D eigenvalue weighted by molar-refractivity contribution is 5.24. The average Bonchev–Trinajstić information content (AvgIpc) is 2.86. The molecule has 0 aliphatic carbocycles. The molecule has 0 saturated heterocycles. The first-order chi connectivity index (χ1) is 10.2. The van der Waals surface area contributed by atoms with Crippen LogP contribution in [0, 0.1) is 6.92 Å². The van der Waals surface area contributed by atoms with Crippen LogP contribution in [0.25, 0.3) is 0 Å². The van der Waals surface area contributed by atoms with Crippen molar-refractivity contribution in [1.82, 2.24) is 15.5 Å². The van der Waals surface area contributed by atoms with Gasteiger partial charge in [0.05, 0.1) is 0 Å². The zero-order valence-electron chi connectivity index (χ0n) is 13.2. The summed E-state index contributed by atoms with van der Waals surface area (Å²) < 4.78 is 5.39. The van der Waals surface area contributed by atoms with Crippen LogP contribution in [-0.4, -0.2) is 22.7 Å². The van der Waals surface area contributed by atoms with Crippen molar-refractivity contribution in [2.75, 3.05) is 6.54 Å². The van der Waals surface area contributed by atoms with E-state index in [0.717, 1.165) is 43.9 Å². The average molecular weight is 287 g/mol. The summed E-state index contributed by atoms with van der Waals surface area (Å²) in [5.41, 5.74) is 2.48. The molecule has 1 heterocycles. The Bertz CT molecular complexity index is 544. The molecule has 1 aromatic carbocycles. The van der Waals surface area contributed by atoms with Gasteiger partial charge in [-0.2, -0.15) is 4.98 Å². The van der Waals surface area contributed by atoms with Crippen molar-refractivity contribution in [1.29, 1.82) is 0 Å². The van der Waals surface area contributed by atoms with Gasteiger partial charge in [0.1, 0.15) is 0 Å². The van der Waals surface area contributed by atoms with E-state index < -0.39 is 0 Å². The van der Waals surface area contributed by atoms with Gasteiger partial charge < -0.3 is 9.84 Å². The molecule has 0 spiro atoms.